The van der Waals surface area contributed by atoms with Crippen LogP contribution in [-0.4, -0.2) is 8.07 Å². The van der Waals surface area contributed by atoms with Crippen LogP contribution in [0.2, 0.25) is 24.7 Å². The van der Waals surface area contributed by atoms with Gasteiger partial charge in [0.05, 0.1) is 16.3 Å². The van der Waals surface area contributed by atoms with E-state index in [4.69, 9.17) is 17.3 Å². The van der Waals surface area contributed by atoms with Gasteiger partial charge in [0.25, 0.3) is 0 Å². The summed E-state index contributed by atoms with van der Waals surface area (Å²) in [6.07, 6.45) is 0. The largest absolute Gasteiger partial charge is 0.395 e. The first kappa shape index (κ1) is 13.6. The highest BCUT2D eigenvalue weighted by Crippen LogP contribution is 2.31. The first-order chi connectivity index (χ1) is 7.22. The molecule has 0 unspecified atom stereocenters. The first-order valence-electron chi connectivity index (χ1n) is 4.68. The summed E-state index contributed by atoms with van der Waals surface area (Å²) in [4.78, 5) is 0. The van der Waals surface area contributed by atoms with Crippen molar-refractivity contribution in [1.82, 2.24) is 0 Å². The number of rotatable bonds is 0. The zero-order valence-corrected chi connectivity index (χ0v) is 12.6. The van der Waals surface area contributed by atoms with E-state index in [0.29, 0.717) is 10.0 Å². The lowest BCUT2D eigenvalue weighted by molar-refractivity contribution is 0.632. The molecule has 0 aromatic heterocycles. The average molecular weight is 321 g/mol. The van der Waals surface area contributed by atoms with Crippen LogP contribution in [0.5, 0.6) is 0 Å². The van der Waals surface area contributed by atoms with E-state index in [1.54, 1.807) is 6.07 Å². The van der Waals surface area contributed by atoms with Crippen LogP contribution in [0.1, 0.15) is 5.56 Å². The minimum absolute atomic E-state index is 0.00365. The van der Waals surface area contributed by atoms with Crippen molar-refractivity contribution in [1.29, 1.82) is 0 Å². The summed E-state index contributed by atoms with van der Waals surface area (Å²) in [6, 6.07) is 1.65. The fourth-order valence-electron chi connectivity index (χ4n) is 0.967. The second-order valence-corrected chi connectivity index (χ2v) is 10.4. The van der Waals surface area contributed by atoms with Crippen molar-refractivity contribution in [2.75, 3.05) is 5.73 Å². The lowest BCUT2D eigenvalue weighted by Crippen LogP contribution is -2.16. The summed E-state index contributed by atoms with van der Waals surface area (Å²) in [5.74, 6) is 2.30. The van der Waals surface area contributed by atoms with Gasteiger partial charge in [0.2, 0.25) is 0 Å². The highest BCUT2D eigenvalue weighted by molar-refractivity contribution is 9.10. The molecule has 0 aliphatic heterocycles. The molecule has 1 aromatic carbocycles. The molecular formula is C11H12BrClFNSi. The summed E-state index contributed by atoms with van der Waals surface area (Å²) < 4.78 is 14.0. The third-order valence-corrected chi connectivity index (χ3v) is 3.87. The van der Waals surface area contributed by atoms with E-state index in [1.165, 1.54) is 0 Å². The van der Waals surface area contributed by atoms with E-state index in [2.05, 4.69) is 47.0 Å². The summed E-state index contributed by atoms with van der Waals surface area (Å²) >= 11 is 8.87. The van der Waals surface area contributed by atoms with E-state index < -0.39 is 13.9 Å². The van der Waals surface area contributed by atoms with E-state index in [-0.39, 0.29) is 10.7 Å². The number of hydrogen-bond donors (Lipinski definition) is 1. The van der Waals surface area contributed by atoms with Gasteiger partial charge in [-0.25, -0.2) is 4.39 Å². The molecule has 0 aliphatic rings. The predicted octanol–water partition coefficient (Wildman–Crippen LogP) is 4.05. The third-order valence-electron chi connectivity index (χ3n) is 1.77. The maximum absolute atomic E-state index is 13.5. The highest BCUT2D eigenvalue weighted by atomic mass is 79.9. The van der Waals surface area contributed by atoms with Gasteiger partial charge in [-0.3, -0.25) is 0 Å². The minimum atomic E-state index is -1.50. The molecule has 0 aliphatic carbocycles. The van der Waals surface area contributed by atoms with Crippen molar-refractivity contribution >= 4 is 41.3 Å². The van der Waals surface area contributed by atoms with Gasteiger partial charge in [-0.15, -0.1) is 5.54 Å². The monoisotopic (exact) mass is 319 g/mol. The fraction of sp³-hybridized carbons (Fsp3) is 0.273. The summed E-state index contributed by atoms with van der Waals surface area (Å²) in [6.45, 7) is 6.33. The molecule has 0 spiro atoms. The maximum Gasteiger partial charge on any atom is 0.167 e. The second kappa shape index (κ2) is 4.78. The quantitative estimate of drug-likeness (QED) is 0.332. The topological polar surface area (TPSA) is 26.0 Å². The molecule has 1 rings (SSSR count). The summed E-state index contributed by atoms with van der Waals surface area (Å²) in [7, 11) is -1.50. The Balaban J connectivity index is 3.31. The van der Waals surface area contributed by atoms with Crippen molar-refractivity contribution in [2.24, 2.45) is 0 Å². The molecule has 0 atom stereocenters. The number of nitrogens with two attached hydrogens (primary N) is 1. The smallest absolute Gasteiger partial charge is 0.167 e. The van der Waals surface area contributed by atoms with Gasteiger partial charge in [0, 0.05) is 4.47 Å². The van der Waals surface area contributed by atoms with Gasteiger partial charge in [-0.1, -0.05) is 37.2 Å². The molecule has 2 N–H and O–H groups in total. The fourth-order valence-corrected chi connectivity index (χ4v) is 2.04. The Bertz CT molecular complexity index is 485. The van der Waals surface area contributed by atoms with E-state index >= 15 is 0 Å². The van der Waals surface area contributed by atoms with Crippen LogP contribution in [0.15, 0.2) is 10.5 Å². The highest BCUT2D eigenvalue weighted by Gasteiger charge is 2.13. The molecular weight excluding hydrogens is 309 g/mol. The molecule has 0 amide bonds. The maximum atomic E-state index is 13.5. The van der Waals surface area contributed by atoms with Gasteiger partial charge in [-0.05, 0) is 22.0 Å². The SMILES string of the molecule is C[Si](C)(C)C#Cc1cc(Br)c(Cl)c(F)c1N. The Morgan fingerprint density at radius 3 is 2.50 bits per heavy atom. The third kappa shape index (κ3) is 3.24. The molecule has 1 aromatic rings. The Labute approximate surface area is 109 Å². The zero-order chi connectivity index (χ0) is 12.5. The normalized spacial score (nSPS) is 10.9. The number of benzene rings is 1. The van der Waals surface area contributed by atoms with Crippen LogP contribution in [0.3, 0.4) is 0 Å². The molecule has 0 heterocycles. The molecule has 86 valence electrons. The lowest BCUT2D eigenvalue weighted by atomic mass is 10.2. The van der Waals surface area contributed by atoms with Crippen LogP contribution in [0.25, 0.3) is 0 Å². The van der Waals surface area contributed by atoms with Crippen molar-refractivity contribution in [3.8, 4) is 11.5 Å². The van der Waals surface area contributed by atoms with Crippen LogP contribution < -0.4 is 5.73 Å². The molecule has 0 saturated heterocycles. The van der Waals surface area contributed by atoms with Crippen LogP contribution >= 0.6 is 27.5 Å². The predicted molar refractivity (Wildman–Crippen MR) is 73.7 cm³/mol. The average Bonchev–Trinajstić information content (AvgIpc) is 2.17. The van der Waals surface area contributed by atoms with Gasteiger partial charge >= 0.3 is 0 Å². The molecule has 0 bridgehead atoms. The summed E-state index contributed by atoms with van der Waals surface area (Å²) in [5.41, 5.74) is 9.24. The van der Waals surface area contributed by atoms with Gasteiger partial charge < -0.3 is 5.73 Å². The van der Waals surface area contributed by atoms with Crippen LogP contribution in [-0.2, 0) is 0 Å². The lowest BCUT2D eigenvalue weighted by Gasteiger charge is -2.06. The van der Waals surface area contributed by atoms with Crippen molar-refractivity contribution in [3.05, 3.63) is 26.9 Å². The van der Waals surface area contributed by atoms with Crippen molar-refractivity contribution < 1.29 is 4.39 Å². The molecule has 16 heavy (non-hydrogen) atoms. The molecule has 0 saturated carbocycles. The van der Waals surface area contributed by atoms with Crippen molar-refractivity contribution in [2.45, 2.75) is 19.6 Å². The van der Waals surface area contributed by atoms with Gasteiger partial charge in [0.1, 0.15) is 8.07 Å². The Kier molecular flexibility index (Phi) is 4.05. The van der Waals surface area contributed by atoms with E-state index in [0.717, 1.165) is 0 Å². The van der Waals surface area contributed by atoms with E-state index in [1.807, 2.05) is 0 Å². The number of anilines is 1. The number of hydrogen-bond acceptors (Lipinski definition) is 1. The van der Waals surface area contributed by atoms with Crippen molar-refractivity contribution in [3.63, 3.8) is 0 Å². The molecule has 1 nitrogen and oxygen atoms in total. The molecule has 0 radical (unpaired) electrons. The Hall–Kier alpha value is -0.503. The molecule has 0 fully saturated rings. The standard InChI is InChI=1S/C11H12BrClFNSi/c1-16(2,3)5-4-7-6-8(12)9(13)10(14)11(7)15/h6H,15H2,1-3H3. The first-order valence-corrected chi connectivity index (χ1v) is 9.35. The molecule has 5 heteroatoms. The minimum Gasteiger partial charge on any atom is -0.395 e. The zero-order valence-electron chi connectivity index (χ0n) is 9.29. The summed E-state index contributed by atoms with van der Waals surface area (Å²) in [5, 5.41) is -0.00365. The Morgan fingerprint density at radius 1 is 1.44 bits per heavy atom. The number of halogens is 3. The second-order valence-electron chi connectivity index (χ2n) is 4.45. The van der Waals surface area contributed by atoms with Gasteiger partial charge in [0.15, 0.2) is 5.82 Å². The van der Waals surface area contributed by atoms with Crippen LogP contribution in [0, 0.1) is 17.3 Å². The van der Waals surface area contributed by atoms with E-state index in [9.17, 15) is 4.39 Å². The Morgan fingerprint density at radius 2 is 2.00 bits per heavy atom. The van der Waals surface area contributed by atoms with Gasteiger partial charge in [-0.2, -0.15) is 0 Å². The van der Waals surface area contributed by atoms with Crippen LogP contribution in [0.4, 0.5) is 10.1 Å². The number of nitrogen functional groups attached to an aromatic ring is 1.